The highest BCUT2D eigenvalue weighted by atomic mass is 35.5. The zero-order chi connectivity index (χ0) is 19.7. The van der Waals surface area contributed by atoms with Crippen molar-refractivity contribution in [1.82, 2.24) is 19.8 Å². The molecular formula is C20H18Cl2N4O2. The fraction of sp³-hybridized carbons (Fsp3) is 0.250. The van der Waals surface area contributed by atoms with E-state index in [-0.39, 0.29) is 11.8 Å². The van der Waals surface area contributed by atoms with Crippen LogP contribution in [0.5, 0.6) is 0 Å². The fourth-order valence-corrected chi connectivity index (χ4v) is 3.68. The van der Waals surface area contributed by atoms with Gasteiger partial charge in [-0.2, -0.15) is 0 Å². The predicted molar refractivity (Wildman–Crippen MR) is 109 cm³/mol. The van der Waals surface area contributed by atoms with Gasteiger partial charge in [-0.1, -0.05) is 23.2 Å². The van der Waals surface area contributed by atoms with Crippen molar-refractivity contribution in [3.63, 3.8) is 0 Å². The molecule has 2 heterocycles. The number of hydrogen-bond acceptors (Lipinski definition) is 3. The summed E-state index contributed by atoms with van der Waals surface area (Å²) in [6.07, 6.45) is 2.32. The van der Waals surface area contributed by atoms with Gasteiger partial charge in [0.1, 0.15) is 0 Å². The normalized spacial score (nSPS) is 14.9. The first-order chi connectivity index (χ1) is 13.5. The molecule has 1 aromatic heterocycles. The van der Waals surface area contributed by atoms with E-state index in [1.54, 1.807) is 40.4 Å². The second kappa shape index (κ2) is 7.81. The maximum Gasteiger partial charge on any atom is 0.253 e. The van der Waals surface area contributed by atoms with Crippen LogP contribution in [0.15, 0.2) is 42.7 Å². The van der Waals surface area contributed by atoms with Crippen LogP contribution in [0.4, 0.5) is 0 Å². The summed E-state index contributed by atoms with van der Waals surface area (Å²) < 4.78 is 0. The quantitative estimate of drug-likeness (QED) is 0.689. The van der Waals surface area contributed by atoms with Crippen LogP contribution in [0.2, 0.25) is 10.0 Å². The van der Waals surface area contributed by atoms with Crippen LogP contribution in [-0.4, -0.2) is 57.8 Å². The number of carbonyl (C=O) groups is 2. The summed E-state index contributed by atoms with van der Waals surface area (Å²) in [4.78, 5) is 36.4. The molecule has 8 heteroatoms. The minimum Gasteiger partial charge on any atom is -0.345 e. The lowest BCUT2D eigenvalue weighted by molar-refractivity contribution is 0.0719. The Morgan fingerprint density at radius 3 is 2.18 bits per heavy atom. The molecule has 0 bridgehead atoms. The lowest BCUT2D eigenvalue weighted by Gasteiger charge is -2.22. The van der Waals surface area contributed by atoms with Crippen LogP contribution < -0.4 is 0 Å². The fourth-order valence-electron chi connectivity index (χ4n) is 3.39. The summed E-state index contributed by atoms with van der Waals surface area (Å²) in [5.74, 6) is -0.146. The number of rotatable bonds is 2. The third kappa shape index (κ3) is 3.70. The van der Waals surface area contributed by atoms with Crippen molar-refractivity contribution in [2.24, 2.45) is 0 Å². The van der Waals surface area contributed by atoms with E-state index in [0.717, 1.165) is 11.0 Å². The zero-order valence-corrected chi connectivity index (χ0v) is 16.5. The minimum atomic E-state index is -0.105. The van der Waals surface area contributed by atoms with Gasteiger partial charge in [0.05, 0.1) is 27.4 Å². The van der Waals surface area contributed by atoms with Gasteiger partial charge in [-0.15, -0.1) is 0 Å². The Labute approximate surface area is 172 Å². The average molecular weight is 417 g/mol. The van der Waals surface area contributed by atoms with Gasteiger partial charge in [-0.05, 0) is 42.8 Å². The van der Waals surface area contributed by atoms with Gasteiger partial charge in [0.15, 0.2) is 0 Å². The predicted octanol–water partition coefficient (Wildman–Crippen LogP) is 3.86. The second-order valence-corrected chi connectivity index (χ2v) is 7.52. The molecule has 1 saturated heterocycles. The number of imidazole rings is 1. The molecule has 1 aliphatic rings. The number of fused-ring (bicyclic) bond motifs is 1. The largest absolute Gasteiger partial charge is 0.345 e. The van der Waals surface area contributed by atoms with Gasteiger partial charge in [0.25, 0.3) is 11.8 Å². The SMILES string of the molecule is O=C(c1ccc(Cl)c(Cl)c1)N1CCCN(C(=O)c2ccc3nc[nH]c3c2)CC1. The maximum atomic E-state index is 12.9. The summed E-state index contributed by atoms with van der Waals surface area (Å²) >= 11 is 12.0. The standard InChI is InChI=1S/C20H18Cl2N4O2/c21-15-4-2-13(10-16(15)22)19(27)25-6-1-7-26(9-8-25)20(28)14-3-5-17-18(11-14)24-12-23-17/h2-5,10-12H,1,6-9H2,(H,23,24). The molecule has 1 fully saturated rings. The van der Waals surface area contributed by atoms with Gasteiger partial charge in [0.2, 0.25) is 0 Å². The number of aromatic amines is 1. The highest BCUT2D eigenvalue weighted by molar-refractivity contribution is 6.42. The summed E-state index contributed by atoms with van der Waals surface area (Å²) in [5, 5.41) is 0.772. The van der Waals surface area contributed by atoms with Crippen molar-refractivity contribution in [2.45, 2.75) is 6.42 Å². The van der Waals surface area contributed by atoms with Crippen molar-refractivity contribution in [3.8, 4) is 0 Å². The highest BCUT2D eigenvalue weighted by Crippen LogP contribution is 2.23. The first kappa shape index (κ1) is 18.8. The maximum absolute atomic E-state index is 12.9. The van der Waals surface area contributed by atoms with Crippen LogP contribution in [0.1, 0.15) is 27.1 Å². The van der Waals surface area contributed by atoms with Crippen molar-refractivity contribution < 1.29 is 9.59 Å². The number of carbonyl (C=O) groups excluding carboxylic acids is 2. The van der Waals surface area contributed by atoms with Gasteiger partial charge in [-0.25, -0.2) is 4.98 Å². The zero-order valence-electron chi connectivity index (χ0n) is 15.0. The van der Waals surface area contributed by atoms with Gasteiger partial charge in [-0.3, -0.25) is 9.59 Å². The molecule has 0 atom stereocenters. The number of aromatic nitrogens is 2. The molecule has 0 spiro atoms. The lowest BCUT2D eigenvalue weighted by atomic mass is 10.1. The third-order valence-corrected chi connectivity index (χ3v) is 5.64. The highest BCUT2D eigenvalue weighted by Gasteiger charge is 2.24. The van der Waals surface area contributed by atoms with Crippen molar-refractivity contribution in [1.29, 1.82) is 0 Å². The molecule has 2 aromatic carbocycles. The van der Waals surface area contributed by atoms with Crippen LogP contribution >= 0.6 is 23.2 Å². The van der Waals surface area contributed by atoms with Gasteiger partial charge >= 0.3 is 0 Å². The molecule has 6 nitrogen and oxygen atoms in total. The van der Waals surface area contributed by atoms with E-state index in [9.17, 15) is 9.59 Å². The van der Waals surface area contributed by atoms with E-state index in [4.69, 9.17) is 23.2 Å². The lowest BCUT2D eigenvalue weighted by Crippen LogP contribution is -2.37. The smallest absolute Gasteiger partial charge is 0.253 e. The molecule has 144 valence electrons. The molecule has 4 rings (SSSR count). The molecule has 28 heavy (non-hydrogen) atoms. The van der Waals surface area contributed by atoms with E-state index >= 15 is 0 Å². The first-order valence-electron chi connectivity index (χ1n) is 8.99. The first-order valence-corrected chi connectivity index (χ1v) is 9.75. The monoisotopic (exact) mass is 416 g/mol. The minimum absolute atomic E-state index is 0.0414. The number of nitrogens with one attached hydrogen (secondary N) is 1. The molecule has 0 saturated carbocycles. The molecule has 0 radical (unpaired) electrons. The molecule has 3 aromatic rings. The Morgan fingerprint density at radius 1 is 0.857 bits per heavy atom. The molecular weight excluding hydrogens is 399 g/mol. The summed E-state index contributed by atoms with van der Waals surface area (Å²) in [5.41, 5.74) is 2.77. The van der Waals surface area contributed by atoms with Crippen molar-refractivity contribution >= 4 is 46.0 Å². The second-order valence-electron chi connectivity index (χ2n) is 6.70. The summed E-state index contributed by atoms with van der Waals surface area (Å²) in [6.45, 7) is 2.14. The van der Waals surface area contributed by atoms with E-state index in [2.05, 4.69) is 9.97 Å². The van der Waals surface area contributed by atoms with Crippen LogP contribution in [-0.2, 0) is 0 Å². The topological polar surface area (TPSA) is 69.3 Å². The summed E-state index contributed by atoms with van der Waals surface area (Å²) in [6, 6.07) is 10.3. The van der Waals surface area contributed by atoms with Crippen LogP contribution in [0.25, 0.3) is 11.0 Å². The van der Waals surface area contributed by atoms with Crippen molar-refractivity contribution in [2.75, 3.05) is 26.2 Å². The number of benzene rings is 2. The van der Waals surface area contributed by atoms with E-state index < -0.39 is 0 Å². The molecule has 0 aliphatic carbocycles. The number of H-pyrrole nitrogens is 1. The Balaban J connectivity index is 1.46. The van der Waals surface area contributed by atoms with Gasteiger partial charge in [0, 0.05) is 37.3 Å². The van der Waals surface area contributed by atoms with E-state index in [1.807, 2.05) is 12.1 Å². The Morgan fingerprint density at radius 2 is 1.50 bits per heavy atom. The number of amides is 2. The third-order valence-electron chi connectivity index (χ3n) is 4.90. The number of nitrogens with zero attached hydrogens (tertiary/aromatic N) is 3. The molecule has 1 N–H and O–H groups in total. The van der Waals surface area contributed by atoms with Gasteiger partial charge < -0.3 is 14.8 Å². The number of halogens is 2. The summed E-state index contributed by atoms with van der Waals surface area (Å²) in [7, 11) is 0. The molecule has 1 aliphatic heterocycles. The average Bonchev–Trinajstić information content (AvgIpc) is 3.04. The molecule has 0 unspecified atom stereocenters. The van der Waals surface area contributed by atoms with E-state index in [0.29, 0.717) is 53.8 Å². The Kier molecular flexibility index (Phi) is 5.24. The van der Waals surface area contributed by atoms with Crippen LogP contribution in [0.3, 0.4) is 0 Å². The van der Waals surface area contributed by atoms with Crippen LogP contribution in [0, 0.1) is 0 Å². The van der Waals surface area contributed by atoms with E-state index in [1.165, 1.54) is 0 Å². The Bertz CT molecular complexity index is 1050. The molecule has 2 amide bonds. The Hall–Kier alpha value is -2.57. The number of hydrogen-bond donors (Lipinski definition) is 1. The van der Waals surface area contributed by atoms with Crippen molar-refractivity contribution in [3.05, 3.63) is 63.9 Å².